The lowest BCUT2D eigenvalue weighted by Crippen LogP contribution is -2.33. The number of aldehydes is 1. The number of aliphatic hydroxyl groups excluding tert-OH is 3. The number of fused-ring (bicyclic) bond motifs is 1. The van der Waals surface area contributed by atoms with Gasteiger partial charge in [0.15, 0.2) is 15.6 Å². The topological polar surface area (TPSA) is 219 Å². The number of rotatable bonds is 25. The Labute approximate surface area is 439 Å². The van der Waals surface area contributed by atoms with E-state index < -0.39 is 26.0 Å². The summed E-state index contributed by atoms with van der Waals surface area (Å²) in [4.78, 5) is 29.2. The first-order valence-electron chi connectivity index (χ1n) is 24.4. The van der Waals surface area contributed by atoms with E-state index in [0.717, 1.165) is 60.7 Å². The zero-order chi connectivity index (χ0) is 54.6. The summed E-state index contributed by atoms with van der Waals surface area (Å²) in [6, 6.07) is 16.9. The van der Waals surface area contributed by atoms with Gasteiger partial charge in [-0.25, -0.2) is 0 Å². The third kappa shape index (κ3) is 24.2. The maximum Gasteiger partial charge on any atom is 0.294 e. The van der Waals surface area contributed by atoms with Crippen molar-refractivity contribution in [3.63, 3.8) is 0 Å². The lowest BCUT2D eigenvalue weighted by atomic mass is 9.97. The van der Waals surface area contributed by atoms with Gasteiger partial charge in [0.2, 0.25) is 5.91 Å². The molecular weight excluding hydrogens is 997 g/mol. The van der Waals surface area contributed by atoms with Crippen molar-refractivity contribution < 1.29 is 55.6 Å². The number of hydrogen-bond acceptors (Lipinski definition) is 12. The lowest BCUT2D eigenvalue weighted by Gasteiger charge is -2.26. The molecule has 0 radical (unpaired) electrons. The van der Waals surface area contributed by atoms with Crippen LogP contribution in [0.25, 0.3) is 12.2 Å². The lowest BCUT2D eigenvalue weighted by molar-refractivity contribution is -0.125. The molecule has 0 saturated carbocycles. The van der Waals surface area contributed by atoms with Crippen LogP contribution in [0.15, 0.2) is 104 Å². The number of nitrogens with zero attached hydrogens (tertiary/aromatic N) is 2. The number of benzene rings is 3. The Morgan fingerprint density at radius 3 is 2.17 bits per heavy atom. The SMILES string of the molecule is CC.CCC(C)CC(O)CC(O)CC.CCC(OCCCS(=O)(=O)O)=C(/C=C/c1ccc(C)c(/C=C/C2Sc3cc(C)ccc3N2CCCN(C)C(=O)/C=C\C=O)c1)[SH+]c1cc(S(=O)(=O)O)ccc1C.CO. The third-order valence-electron chi connectivity index (χ3n) is 11.3. The average molecular weight is 1080 g/mol. The van der Waals surface area contributed by atoms with Crippen molar-refractivity contribution in [2.24, 2.45) is 5.92 Å². The molecule has 0 saturated heterocycles. The van der Waals surface area contributed by atoms with Crippen LogP contribution in [0.4, 0.5) is 5.69 Å². The molecule has 0 aliphatic carbocycles. The molecule has 4 unspecified atom stereocenters. The quantitative estimate of drug-likeness (QED) is 0.00780. The standard InChI is InChI=1S/C41H48N2O9S4.C10H22O2.C2H6.CH4O/c1-6-36(52-24-9-25-55(46,47)48)37(53-38-28-34(56(49,50)51)17-13-31(38)4)19-15-32-14-12-30(3)33(27-32)16-20-41-43(35-18-11-29(2)26-39(35)54-41)22-8-21-42(5)40(45)10-7-23-44;1-4-8(3)6-10(12)7-9(11)5-2;2*1-2/h7,10-20,23,26-28,41H,6,8-9,21-22,24-25H2,1-5H3,(H,46,47,48)(H,49,50,51);8-12H,4-7H2,1-3H3;1-2H3;2H,1H3/p+1/b10-7-,19-15+,20-16+,37-36?;;;. The summed E-state index contributed by atoms with van der Waals surface area (Å²) in [5, 5.41) is 25.8. The molecule has 18 heteroatoms. The van der Waals surface area contributed by atoms with Crippen LogP contribution in [0.1, 0.15) is 114 Å². The molecule has 14 nitrogen and oxygen atoms in total. The highest BCUT2D eigenvalue weighted by Gasteiger charge is 2.28. The van der Waals surface area contributed by atoms with Crippen molar-refractivity contribution >= 4 is 73.8 Å². The highest BCUT2D eigenvalue weighted by Crippen LogP contribution is 2.44. The Balaban J connectivity index is 0.00000140. The smallest absolute Gasteiger partial charge is 0.294 e. The predicted molar refractivity (Wildman–Crippen MR) is 298 cm³/mol. The second-order valence-corrected chi connectivity index (χ2v) is 22.3. The van der Waals surface area contributed by atoms with E-state index in [1.807, 2.05) is 65.8 Å². The highest BCUT2D eigenvalue weighted by molar-refractivity contribution is 8.00. The molecule has 0 fully saturated rings. The van der Waals surface area contributed by atoms with Crippen molar-refractivity contribution in [2.75, 3.05) is 44.5 Å². The van der Waals surface area contributed by atoms with Gasteiger partial charge in [-0.3, -0.25) is 18.7 Å². The number of aryl methyl sites for hydroxylation is 3. The van der Waals surface area contributed by atoms with Gasteiger partial charge in [0.1, 0.15) is 6.29 Å². The molecule has 0 bridgehead atoms. The molecule has 4 atom stereocenters. The van der Waals surface area contributed by atoms with Gasteiger partial charge >= 0.3 is 0 Å². The van der Waals surface area contributed by atoms with Gasteiger partial charge in [0.25, 0.3) is 20.2 Å². The van der Waals surface area contributed by atoms with Crippen LogP contribution in [-0.2, 0) is 46.3 Å². The Kier molecular flexibility index (Phi) is 31.3. The largest absolute Gasteiger partial charge is 0.493 e. The second-order valence-electron chi connectivity index (χ2n) is 17.0. The number of thioether (sulfide) groups is 1. The van der Waals surface area contributed by atoms with E-state index in [2.05, 4.69) is 62.1 Å². The molecule has 0 spiro atoms. The predicted octanol–water partition coefficient (Wildman–Crippen LogP) is 9.80. The van der Waals surface area contributed by atoms with Gasteiger partial charge in [0.05, 0.1) is 52.3 Å². The van der Waals surface area contributed by atoms with Crippen molar-refractivity contribution in [1.29, 1.82) is 0 Å². The van der Waals surface area contributed by atoms with Crippen LogP contribution in [0.5, 0.6) is 0 Å². The van der Waals surface area contributed by atoms with Gasteiger partial charge in [-0.1, -0.05) is 96.1 Å². The molecule has 402 valence electrons. The number of aliphatic hydroxyl groups is 3. The van der Waals surface area contributed by atoms with Crippen molar-refractivity contribution in [1.82, 2.24) is 4.90 Å². The number of likely N-dealkylation sites (N-methyl/N-ethyl adjacent to an activating group) is 1. The van der Waals surface area contributed by atoms with Gasteiger partial charge in [-0.05, 0) is 124 Å². The minimum Gasteiger partial charge on any atom is -0.493 e. The molecule has 4 rings (SSSR count). The van der Waals surface area contributed by atoms with Crippen LogP contribution in [0.2, 0.25) is 0 Å². The highest BCUT2D eigenvalue weighted by atomic mass is 32.2. The average Bonchev–Trinajstić information content (AvgIpc) is 3.68. The first-order valence-corrected chi connectivity index (χ1v) is 29.2. The van der Waals surface area contributed by atoms with E-state index in [-0.39, 0.29) is 41.4 Å². The van der Waals surface area contributed by atoms with Crippen LogP contribution in [0, 0.1) is 26.7 Å². The second kappa shape index (κ2) is 34.3. The summed E-state index contributed by atoms with van der Waals surface area (Å²) in [6.07, 6.45) is 15.0. The Morgan fingerprint density at radius 1 is 0.875 bits per heavy atom. The zero-order valence-corrected chi connectivity index (χ0v) is 47.3. The number of hydrogen-bond donors (Lipinski definition) is 5. The van der Waals surface area contributed by atoms with Crippen LogP contribution < -0.4 is 4.90 Å². The summed E-state index contributed by atoms with van der Waals surface area (Å²) in [6.45, 7) is 19.3. The van der Waals surface area contributed by atoms with E-state index in [4.69, 9.17) is 14.4 Å². The number of carbonyl (C=O) groups excluding carboxylic acids is 2. The summed E-state index contributed by atoms with van der Waals surface area (Å²) >= 11 is 2.38. The third-order valence-corrected chi connectivity index (χ3v) is 15.5. The van der Waals surface area contributed by atoms with Crippen LogP contribution >= 0.6 is 11.8 Å². The van der Waals surface area contributed by atoms with E-state index in [1.165, 1.54) is 34.7 Å². The van der Waals surface area contributed by atoms with E-state index in [0.29, 0.717) is 65.5 Å². The number of carbonyl (C=O) groups is 2. The molecule has 3 aromatic rings. The van der Waals surface area contributed by atoms with E-state index in [1.54, 1.807) is 29.8 Å². The summed E-state index contributed by atoms with van der Waals surface area (Å²) < 4.78 is 71.3. The number of ether oxygens (including phenoxy) is 1. The maximum absolute atomic E-state index is 12.3. The first-order chi connectivity index (χ1) is 34.1. The molecule has 3 aromatic carbocycles. The number of anilines is 1. The van der Waals surface area contributed by atoms with Gasteiger partial charge in [-0.15, -0.1) is 0 Å². The van der Waals surface area contributed by atoms with Gasteiger partial charge in [0, 0.05) is 56.3 Å². The minimum absolute atomic E-state index is 0.0153. The number of amides is 1. The fourth-order valence-corrected chi connectivity index (χ4v) is 10.6. The Morgan fingerprint density at radius 2 is 1.56 bits per heavy atom. The summed E-state index contributed by atoms with van der Waals surface area (Å²) in [5.74, 6) is 0.472. The Bertz CT molecular complexity index is 2480. The molecule has 1 aliphatic heterocycles. The van der Waals surface area contributed by atoms with E-state index >= 15 is 0 Å². The van der Waals surface area contributed by atoms with Crippen LogP contribution in [0.3, 0.4) is 0 Å². The fourth-order valence-electron chi connectivity index (χ4n) is 7.01. The Hall–Kier alpha value is -4.24. The normalized spacial score (nSPS) is 15.1. The molecule has 1 heterocycles. The fraction of sp³-hybridized carbons (Fsp3) is 0.481. The summed E-state index contributed by atoms with van der Waals surface area (Å²) in [7, 11) is -5.86. The van der Waals surface area contributed by atoms with Crippen LogP contribution in [-0.4, -0.2) is 116 Å². The van der Waals surface area contributed by atoms with E-state index in [9.17, 15) is 41.2 Å². The van der Waals surface area contributed by atoms with Crippen molar-refractivity contribution in [3.8, 4) is 0 Å². The molecular formula is C54H81N2O12S4+. The van der Waals surface area contributed by atoms with Crippen molar-refractivity contribution in [2.45, 2.75) is 140 Å². The van der Waals surface area contributed by atoms with Gasteiger partial charge < -0.3 is 29.9 Å². The molecule has 72 heavy (non-hydrogen) atoms. The number of thiol groups is 1. The minimum atomic E-state index is -4.43. The molecule has 1 aliphatic rings. The maximum atomic E-state index is 12.3. The molecule has 1 amide bonds. The van der Waals surface area contributed by atoms with Gasteiger partial charge in [-0.2, -0.15) is 16.8 Å². The number of allylic oxidation sites excluding steroid dienone is 3. The first kappa shape index (κ1) is 65.8. The molecule has 5 N–H and O–H groups in total. The van der Waals surface area contributed by atoms with Crippen molar-refractivity contribution in [3.05, 3.63) is 117 Å². The zero-order valence-electron chi connectivity index (χ0n) is 44.0. The molecule has 0 aromatic heterocycles. The monoisotopic (exact) mass is 1080 g/mol. The summed E-state index contributed by atoms with van der Waals surface area (Å²) in [5.41, 5.74) is 6.11.